The molecular formula is C15H19FN2. The Morgan fingerprint density at radius 3 is 2.72 bits per heavy atom. The highest BCUT2D eigenvalue weighted by molar-refractivity contribution is 5.26. The van der Waals surface area contributed by atoms with E-state index in [0.29, 0.717) is 17.5 Å². The van der Waals surface area contributed by atoms with Gasteiger partial charge in [0.05, 0.1) is 6.07 Å². The number of nitriles is 1. The van der Waals surface area contributed by atoms with Crippen molar-refractivity contribution in [3.05, 3.63) is 35.6 Å². The molecule has 3 atom stereocenters. The fraction of sp³-hybridized carbons (Fsp3) is 0.533. The minimum atomic E-state index is -0.545. The molecule has 0 bridgehead atoms. The van der Waals surface area contributed by atoms with Gasteiger partial charge in [0.25, 0.3) is 0 Å². The van der Waals surface area contributed by atoms with E-state index in [2.05, 4.69) is 18.3 Å². The second kappa shape index (κ2) is 5.97. The van der Waals surface area contributed by atoms with Gasteiger partial charge in [-0.2, -0.15) is 5.26 Å². The van der Waals surface area contributed by atoms with Crippen molar-refractivity contribution in [1.29, 1.82) is 5.26 Å². The number of nitrogens with one attached hydrogen (secondary N) is 1. The van der Waals surface area contributed by atoms with Crippen LogP contribution in [0, 0.1) is 23.1 Å². The Hall–Kier alpha value is -1.40. The molecule has 2 nitrogen and oxygen atoms in total. The zero-order valence-electron chi connectivity index (χ0n) is 10.7. The molecule has 0 heterocycles. The molecule has 1 aromatic carbocycles. The molecule has 0 spiro atoms. The third-order valence-corrected chi connectivity index (χ3v) is 3.84. The van der Waals surface area contributed by atoms with Gasteiger partial charge in [-0.1, -0.05) is 38.0 Å². The van der Waals surface area contributed by atoms with E-state index >= 15 is 0 Å². The second-order valence-corrected chi connectivity index (χ2v) is 5.12. The molecule has 0 amide bonds. The van der Waals surface area contributed by atoms with Gasteiger partial charge in [0.2, 0.25) is 0 Å². The predicted molar refractivity (Wildman–Crippen MR) is 69.3 cm³/mol. The molecule has 0 radical (unpaired) electrons. The molecule has 18 heavy (non-hydrogen) atoms. The van der Waals surface area contributed by atoms with Crippen LogP contribution < -0.4 is 5.32 Å². The van der Waals surface area contributed by atoms with E-state index in [1.165, 1.54) is 25.3 Å². The van der Waals surface area contributed by atoms with Gasteiger partial charge >= 0.3 is 0 Å². The van der Waals surface area contributed by atoms with Crippen molar-refractivity contribution in [3.63, 3.8) is 0 Å². The molecule has 1 fully saturated rings. The van der Waals surface area contributed by atoms with E-state index < -0.39 is 6.04 Å². The van der Waals surface area contributed by atoms with Crippen LogP contribution in [0.15, 0.2) is 24.3 Å². The lowest BCUT2D eigenvalue weighted by molar-refractivity contribution is 0.270. The van der Waals surface area contributed by atoms with Crippen molar-refractivity contribution >= 4 is 0 Å². The Morgan fingerprint density at radius 1 is 1.33 bits per heavy atom. The SMILES string of the molecule is CC1CCCCC1NC(C#N)c1ccccc1F. The molecule has 3 heteroatoms. The summed E-state index contributed by atoms with van der Waals surface area (Å²) in [5, 5.41) is 12.6. The molecule has 2 rings (SSSR count). The summed E-state index contributed by atoms with van der Waals surface area (Å²) in [6.07, 6.45) is 4.72. The lowest BCUT2D eigenvalue weighted by atomic mass is 9.85. The van der Waals surface area contributed by atoms with E-state index in [4.69, 9.17) is 0 Å². The largest absolute Gasteiger partial charge is 0.295 e. The van der Waals surface area contributed by atoms with Crippen LogP contribution in [0.4, 0.5) is 4.39 Å². The van der Waals surface area contributed by atoms with Gasteiger partial charge in [0.15, 0.2) is 0 Å². The zero-order chi connectivity index (χ0) is 13.0. The van der Waals surface area contributed by atoms with Gasteiger partial charge in [-0.25, -0.2) is 4.39 Å². The van der Waals surface area contributed by atoms with Crippen LogP contribution in [-0.2, 0) is 0 Å². The molecule has 3 unspecified atom stereocenters. The summed E-state index contributed by atoms with van der Waals surface area (Å²) in [5.41, 5.74) is 0.456. The Balaban J connectivity index is 2.10. The van der Waals surface area contributed by atoms with Gasteiger partial charge < -0.3 is 0 Å². The molecule has 1 aromatic rings. The van der Waals surface area contributed by atoms with Crippen molar-refractivity contribution in [1.82, 2.24) is 5.32 Å². The minimum absolute atomic E-state index is 0.306. The lowest BCUT2D eigenvalue weighted by Crippen LogP contribution is -2.39. The zero-order valence-corrected chi connectivity index (χ0v) is 10.7. The molecule has 96 valence electrons. The molecule has 0 aromatic heterocycles. The number of hydrogen-bond acceptors (Lipinski definition) is 2. The maximum atomic E-state index is 13.7. The molecule has 1 N–H and O–H groups in total. The van der Waals surface area contributed by atoms with Crippen LogP contribution >= 0.6 is 0 Å². The molecule has 0 saturated heterocycles. The van der Waals surface area contributed by atoms with Crippen molar-refractivity contribution in [2.45, 2.75) is 44.7 Å². The van der Waals surface area contributed by atoms with Crippen molar-refractivity contribution in [2.75, 3.05) is 0 Å². The normalized spacial score (nSPS) is 25.4. The minimum Gasteiger partial charge on any atom is -0.295 e. The quantitative estimate of drug-likeness (QED) is 0.885. The summed E-state index contributed by atoms with van der Waals surface area (Å²) >= 11 is 0. The summed E-state index contributed by atoms with van der Waals surface area (Å²) in [6.45, 7) is 2.20. The fourth-order valence-electron chi connectivity index (χ4n) is 2.68. The van der Waals surface area contributed by atoms with Gasteiger partial charge in [-0.05, 0) is 24.8 Å². The molecule has 0 aliphatic heterocycles. The smallest absolute Gasteiger partial charge is 0.129 e. The highest BCUT2D eigenvalue weighted by Gasteiger charge is 2.25. The topological polar surface area (TPSA) is 35.8 Å². The Kier molecular flexibility index (Phi) is 4.33. The average molecular weight is 246 g/mol. The fourth-order valence-corrected chi connectivity index (χ4v) is 2.68. The van der Waals surface area contributed by atoms with Crippen LogP contribution in [0.1, 0.15) is 44.2 Å². The first-order chi connectivity index (χ1) is 8.72. The maximum absolute atomic E-state index is 13.7. The van der Waals surface area contributed by atoms with Crippen LogP contribution in [0.2, 0.25) is 0 Å². The number of hydrogen-bond donors (Lipinski definition) is 1. The molecule has 1 saturated carbocycles. The third kappa shape index (κ3) is 2.88. The maximum Gasteiger partial charge on any atom is 0.129 e. The summed E-state index contributed by atoms with van der Waals surface area (Å²) in [4.78, 5) is 0. The van der Waals surface area contributed by atoms with Crippen LogP contribution in [0.25, 0.3) is 0 Å². The lowest BCUT2D eigenvalue weighted by Gasteiger charge is -2.31. The standard InChI is InChI=1S/C15H19FN2/c1-11-6-2-5-9-14(11)18-15(10-17)12-7-3-4-8-13(12)16/h3-4,7-8,11,14-15,18H,2,5-6,9H2,1H3. The van der Waals surface area contributed by atoms with E-state index in [0.717, 1.165) is 6.42 Å². The number of halogens is 1. The first kappa shape index (κ1) is 13.0. The predicted octanol–water partition coefficient (Wildman–Crippen LogP) is 3.56. The summed E-state index contributed by atoms with van der Waals surface area (Å²) in [7, 11) is 0. The second-order valence-electron chi connectivity index (χ2n) is 5.12. The third-order valence-electron chi connectivity index (χ3n) is 3.84. The number of nitrogens with zero attached hydrogens (tertiary/aromatic N) is 1. The first-order valence-corrected chi connectivity index (χ1v) is 6.62. The van der Waals surface area contributed by atoms with E-state index in [1.54, 1.807) is 18.2 Å². The van der Waals surface area contributed by atoms with E-state index in [9.17, 15) is 9.65 Å². The Labute approximate surface area is 108 Å². The summed E-state index contributed by atoms with van der Waals surface area (Å²) < 4.78 is 13.7. The van der Waals surface area contributed by atoms with Gasteiger partial charge in [-0.15, -0.1) is 0 Å². The van der Waals surface area contributed by atoms with Gasteiger partial charge in [0.1, 0.15) is 11.9 Å². The van der Waals surface area contributed by atoms with Crippen LogP contribution in [0.5, 0.6) is 0 Å². The Morgan fingerprint density at radius 2 is 2.06 bits per heavy atom. The Bertz CT molecular complexity index is 438. The number of rotatable bonds is 3. The highest BCUT2D eigenvalue weighted by atomic mass is 19.1. The van der Waals surface area contributed by atoms with E-state index in [1.807, 2.05) is 0 Å². The summed E-state index contributed by atoms with van der Waals surface area (Å²) in [5.74, 6) is 0.251. The molecule has 1 aliphatic carbocycles. The molecular weight excluding hydrogens is 227 g/mol. The summed E-state index contributed by atoms with van der Waals surface area (Å²) in [6, 6.07) is 8.47. The first-order valence-electron chi connectivity index (χ1n) is 6.62. The number of benzene rings is 1. The van der Waals surface area contributed by atoms with Gasteiger partial charge in [0, 0.05) is 11.6 Å². The van der Waals surface area contributed by atoms with E-state index in [-0.39, 0.29) is 5.82 Å². The van der Waals surface area contributed by atoms with Crippen LogP contribution in [0.3, 0.4) is 0 Å². The van der Waals surface area contributed by atoms with Crippen molar-refractivity contribution in [2.24, 2.45) is 5.92 Å². The molecule has 1 aliphatic rings. The highest BCUT2D eigenvalue weighted by Crippen LogP contribution is 2.26. The van der Waals surface area contributed by atoms with Crippen molar-refractivity contribution in [3.8, 4) is 6.07 Å². The van der Waals surface area contributed by atoms with Gasteiger partial charge in [-0.3, -0.25) is 5.32 Å². The monoisotopic (exact) mass is 246 g/mol. The van der Waals surface area contributed by atoms with Crippen LogP contribution in [-0.4, -0.2) is 6.04 Å². The average Bonchev–Trinajstić information content (AvgIpc) is 2.39. The van der Waals surface area contributed by atoms with Crippen molar-refractivity contribution < 1.29 is 4.39 Å².